The summed E-state index contributed by atoms with van der Waals surface area (Å²) in [6.45, 7) is -0.175. The molecule has 6 nitrogen and oxygen atoms in total. The highest BCUT2D eigenvalue weighted by molar-refractivity contribution is 7.94. The van der Waals surface area contributed by atoms with Gasteiger partial charge in [-0.2, -0.15) is 0 Å². The van der Waals surface area contributed by atoms with Gasteiger partial charge in [0.2, 0.25) is 0 Å². The quantitative estimate of drug-likeness (QED) is 0.600. The maximum atomic E-state index is 12.5. The first-order valence-electron chi connectivity index (χ1n) is 8.17. The van der Waals surface area contributed by atoms with Crippen LogP contribution in [0.5, 0.6) is 5.75 Å². The van der Waals surface area contributed by atoms with Gasteiger partial charge in [0.15, 0.2) is 6.61 Å². The van der Waals surface area contributed by atoms with Crippen LogP contribution in [-0.4, -0.2) is 28.0 Å². The molecular weight excluding hydrogens is 420 g/mol. The summed E-state index contributed by atoms with van der Waals surface area (Å²) in [7, 11) is -2.10. The summed E-state index contributed by atoms with van der Waals surface area (Å²) in [5.74, 6) is 0.140. The fourth-order valence-electron chi connectivity index (χ4n) is 2.32. The van der Waals surface area contributed by atoms with E-state index in [1.807, 2.05) is 0 Å². The molecule has 0 unspecified atom stereocenters. The van der Waals surface area contributed by atoms with Crippen molar-refractivity contribution < 1.29 is 17.9 Å². The second-order valence-corrected chi connectivity index (χ2v) is 9.32. The molecule has 0 saturated carbocycles. The van der Waals surface area contributed by atoms with Crippen molar-refractivity contribution in [3.63, 3.8) is 0 Å². The van der Waals surface area contributed by atoms with Gasteiger partial charge in [0.05, 0.1) is 5.69 Å². The number of nitrogens with zero attached hydrogens (tertiary/aromatic N) is 1. The Hall–Kier alpha value is -2.55. The van der Waals surface area contributed by atoms with Crippen molar-refractivity contribution in [1.29, 1.82) is 0 Å². The molecule has 0 aliphatic heterocycles. The number of halogens is 1. The zero-order valence-corrected chi connectivity index (χ0v) is 17.2. The number of nitrogens with one attached hydrogen (secondary N) is 1. The van der Waals surface area contributed by atoms with E-state index in [4.69, 9.17) is 16.3 Å². The number of carbonyl (C=O) groups is 1. The third-order valence-corrected chi connectivity index (χ3v) is 7.22. The van der Waals surface area contributed by atoms with Crippen molar-refractivity contribution in [1.82, 2.24) is 0 Å². The third-order valence-electron chi connectivity index (χ3n) is 3.81. The maximum Gasteiger partial charge on any atom is 0.273 e. The van der Waals surface area contributed by atoms with Crippen LogP contribution < -0.4 is 14.4 Å². The summed E-state index contributed by atoms with van der Waals surface area (Å²) in [5, 5.41) is 4.99. The topological polar surface area (TPSA) is 75.7 Å². The molecule has 1 heterocycles. The normalized spacial score (nSPS) is 11.1. The maximum absolute atomic E-state index is 12.5. The van der Waals surface area contributed by atoms with E-state index in [9.17, 15) is 13.2 Å². The minimum Gasteiger partial charge on any atom is -0.484 e. The molecule has 0 radical (unpaired) electrons. The van der Waals surface area contributed by atoms with E-state index in [-0.39, 0.29) is 16.7 Å². The summed E-state index contributed by atoms with van der Waals surface area (Å²) in [5.41, 5.74) is 1.11. The Kier molecular flexibility index (Phi) is 6.23. The van der Waals surface area contributed by atoms with Crippen molar-refractivity contribution in [3.8, 4) is 5.75 Å². The van der Waals surface area contributed by atoms with Crippen LogP contribution in [0.1, 0.15) is 0 Å². The zero-order valence-electron chi connectivity index (χ0n) is 14.8. The first kappa shape index (κ1) is 20.2. The van der Waals surface area contributed by atoms with Crippen molar-refractivity contribution in [2.24, 2.45) is 0 Å². The molecule has 28 heavy (non-hydrogen) atoms. The van der Waals surface area contributed by atoms with E-state index in [0.29, 0.717) is 22.1 Å². The Labute approximate surface area is 172 Å². The van der Waals surface area contributed by atoms with Crippen LogP contribution in [0, 0.1) is 0 Å². The zero-order chi connectivity index (χ0) is 20.1. The highest BCUT2D eigenvalue weighted by Crippen LogP contribution is 2.26. The number of anilines is 2. The lowest BCUT2D eigenvalue weighted by atomic mass is 10.3. The molecule has 2 aromatic carbocycles. The number of ether oxygens (including phenoxy) is 1. The van der Waals surface area contributed by atoms with Crippen LogP contribution in [0.15, 0.2) is 70.3 Å². The summed E-state index contributed by atoms with van der Waals surface area (Å²) in [6.07, 6.45) is 0. The number of hydrogen-bond acceptors (Lipinski definition) is 5. The predicted molar refractivity (Wildman–Crippen MR) is 112 cm³/mol. The molecule has 0 aliphatic rings. The first-order valence-corrected chi connectivity index (χ1v) is 10.9. The van der Waals surface area contributed by atoms with E-state index in [1.54, 1.807) is 66.0 Å². The van der Waals surface area contributed by atoms with Gasteiger partial charge in [-0.25, -0.2) is 8.42 Å². The highest BCUT2D eigenvalue weighted by Gasteiger charge is 2.22. The van der Waals surface area contributed by atoms with Crippen LogP contribution in [0.4, 0.5) is 11.4 Å². The number of benzene rings is 2. The fourth-order valence-corrected chi connectivity index (χ4v) is 4.80. The van der Waals surface area contributed by atoms with Gasteiger partial charge >= 0.3 is 0 Å². The van der Waals surface area contributed by atoms with Crippen molar-refractivity contribution in [3.05, 3.63) is 71.1 Å². The smallest absolute Gasteiger partial charge is 0.273 e. The van der Waals surface area contributed by atoms with Crippen LogP contribution in [0.25, 0.3) is 0 Å². The van der Waals surface area contributed by atoms with Crippen molar-refractivity contribution >= 4 is 50.2 Å². The van der Waals surface area contributed by atoms with Crippen LogP contribution in [-0.2, 0) is 14.8 Å². The molecule has 3 rings (SSSR count). The lowest BCUT2D eigenvalue weighted by molar-refractivity contribution is -0.118. The first-order chi connectivity index (χ1) is 13.4. The minimum absolute atomic E-state index is 0.175. The van der Waals surface area contributed by atoms with E-state index in [1.165, 1.54) is 11.4 Å². The number of amides is 1. The van der Waals surface area contributed by atoms with Gasteiger partial charge in [-0.3, -0.25) is 9.10 Å². The molecule has 0 atom stereocenters. The molecule has 146 valence electrons. The van der Waals surface area contributed by atoms with Crippen LogP contribution >= 0.6 is 22.9 Å². The fraction of sp³-hybridized carbons (Fsp3) is 0.105. The van der Waals surface area contributed by atoms with Crippen LogP contribution in [0.3, 0.4) is 0 Å². The molecule has 0 saturated heterocycles. The third kappa shape index (κ3) is 4.83. The Morgan fingerprint density at radius 2 is 1.79 bits per heavy atom. The van der Waals surface area contributed by atoms with Crippen molar-refractivity contribution in [2.75, 3.05) is 23.3 Å². The highest BCUT2D eigenvalue weighted by atomic mass is 35.5. The van der Waals surface area contributed by atoms with Gasteiger partial charge in [0.25, 0.3) is 15.9 Å². The molecule has 1 amide bonds. The number of rotatable bonds is 7. The Bertz CT molecular complexity index is 1030. The van der Waals surface area contributed by atoms with E-state index >= 15 is 0 Å². The molecule has 0 aliphatic carbocycles. The monoisotopic (exact) mass is 436 g/mol. The molecule has 3 aromatic rings. The SMILES string of the molecule is CN(c1ccc(OCC(=O)Nc2ccc(Cl)cc2)cc1)S(=O)(=O)c1cccs1. The van der Waals surface area contributed by atoms with E-state index in [2.05, 4.69) is 5.32 Å². The number of carbonyl (C=O) groups excluding carboxylic acids is 1. The van der Waals surface area contributed by atoms with E-state index < -0.39 is 10.0 Å². The largest absolute Gasteiger partial charge is 0.484 e. The average Bonchev–Trinajstić information content (AvgIpc) is 3.24. The van der Waals surface area contributed by atoms with Gasteiger partial charge < -0.3 is 10.1 Å². The lowest BCUT2D eigenvalue weighted by Gasteiger charge is -2.18. The van der Waals surface area contributed by atoms with Gasteiger partial charge in [-0.05, 0) is 60.0 Å². The summed E-state index contributed by atoms with van der Waals surface area (Å²) in [6, 6.07) is 16.5. The Morgan fingerprint density at radius 3 is 2.39 bits per heavy atom. The second-order valence-electron chi connectivity index (χ2n) is 5.74. The van der Waals surface area contributed by atoms with Gasteiger partial charge in [-0.1, -0.05) is 17.7 Å². The van der Waals surface area contributed by atoms with E-state index in [0.717, 1.165) is 11.3 Å². The predicted octanol–water partition coefficient (Wildman–Crippen LogP) is 4.24. The summed E-state index contributed by atoms with van der Waals surface area (Å²) in [4.78, 5) is 12.0. The Balaban J connectivity index is 1.58. The van der Waals surface area contributed by atoms with Crippen LogP contribution in [0.2, 0.25) is 5.02 Å². The average molecular weight is 437 g/mol. The molecule has 1 aromatic heterocycles. The molecule has 0 bridgehead atoms. The molecule has 0 spiro atoms. The number of sulfonamides is 1. The lowest BCUT2D eigenvalue weighted by Crippen LogP contribution is -2.25. The van der Waals surface area contributed by atoms with Crippen molar-refractivity contribution in [2.45, 2.75) is 4.21 Å². The molecule has 9 heteroatoms. The van der Waals surface area contributed by atoms with Gasteiger partial charge in [0, 0.05) is 17.8 Å². The molecule has 1 N–H and O–H groups in total. The summed E-state index contributed by atoms with van der Waals surface area (Å²) < 4.78 is 32.0. The number of thiophene rings is 1. The standard InChI is InChI=1S/C19H17ClN2O4S2/c1-22(28(24,25)19-3-2-12-27-19)16-8-10-17(11-9-16)26-13-18(23)21-15-6-4-14(20)5-7-15/h2-12H,13H2,1H3,(H,21,23). The molecular formula is C19H17ClN2O4S2. The Morgan fingerprint density at radius 1 is 1.11 bits per heavy atom. The number of hydrogen-bond donors (Lipinski definition) is 1. The minimum atomic E-state index is -3.59. The second kappa shape index (κ2) is 8.64. The summed E-state index contributed by atoms with van der Waals surface area (Å²) >= 11 is 6.97. The molecule has 0 fully saturated rings. The van der Waals surface area contributed by atoms with Gasteiger partial charge in [0.1, 0.15) is 9.96 Å². The van der Waals surface area contributed by atoms with Gasteiger partial charge in [-0.15, -0.1) is 11.3 Å².